The molecule has 0 aliphatic heterocycles. The molecule has 1 heterocycles. The molecule has 0 saturated carbocycles. The van der Waals surface area contributed by atoms with Gasteiger partial charge in [-0.25, -0.2) is 0 Å². The number of hydrogen-bond donors (Lipinski definition) is 0. The summed E-state index contributed by atoms with van der Waals surface area (Å²) in [7, 11) is -5.83. The predicted octanol–water partition coefficient (Wildman–Crippen LogP) is 2.28. The lowest BCUT2D eigenvalue weighted by molar-refractivity contribution is -0.0500. The SMILES string of the molecule is O=Cc1c(OS(=O)(=O)C(F)(F)F)ccc2cnccc12. The van der Waals surface area contributed by atoms with E-state index in [1.807, 2.05) is 0 Å². The summed E-state index contributed by atoms with van der Waals surface area (Å²) in [4.78, 5) is 14.8. The molecule has 0 atom stereocenters. The summed E-state index contributed by atoms with van der Waals surface area (Å²) in [6.07, 6.45) is 2.92. The number of rotatable bonds is 3. The molecule has 0 unspecified atom stereocenters. The van der Waals surface area contributed by atoms with Gasteiger partial charge in [0.2, 0.25) is 0 Å². The summed E-state index contributed by atoms with van der Waals surface area (Å²) >= 11 is 0. The highest BCUT2D eigenvalue weighted by Gasteiger charge is 2.48. The molecule has 5 nitrogen and oxygen atoms in total. The van der Waals surface area contributed by atoms with Crippen LogP contribution in [0.15, 0.2) is 30.6 Å². The maximum absolute atomic E-state index is 12.3. The Kier molecular flexibility index (Phi) is 3.38. The summed E-state index contributed by atoms with van der Waals surface area (Å²) in [5.74, 6) is -0.684. The normalized spacial score (nSPS) is 12.3. The second kappa shape index (κ2) is 4.75. The third-order valence-corrected chi connectivity index (χ3v) is 3.39. The van der Waals surface area contributed by atoms with Gasteiger partial charge in [0.05, 0.1) is 5.56 Å². The summed E-state index contributed by atoms with van der Waals surface area (Å²) in [6, 6.07) is 3.64. The third-order valence-electron chi connectivity index (χ3n) is 2.42. The number of aromatic nitrogens is 1. The zero-order valence-electron chi connectivity index (χ0n) is 9.59. The number of benzene rings is 1. The van der Waals surface area contributed by atoms with E-state index < -0.39 is 21.4 Å². The van der Waals surface area contributed by atoms with Crippen LogP contribution in [-0.4, -0.2) is 25.2 Å². The first-order valence-electron chi connectivity index (χ1n) is 5.09. The Bertz CT molecular complexity index is 771. The fraction of sp³-hybridized carbons (Fsp3) is 0.0909. The summed E-state index contributed by atoms with van der Waals surface area (Å²) in [5, 5.41) is 0.705. The van der Waals surface area contributed by atoms with Crippen molar-refractivity contribution in [1.29, 1.82) is 0 Å². The summed E-state index contributed by atoms with van der Waals surface area (Å²) in [6.45, 7) is 0. The van der Waals surface area contributed by atoms with Crippen LogP contribution in [0.1, 0.15) is 10.4 Å². The highest BCUT2D eigenvalue weighted by molar-refractivity contribution is 7.88. The van der Waals surface area contributed by atoms with Gasteiger partial charge in [-0.1, -0.05) is 0 Å². The Morgan fingerprint density at radius 2 is 1.90 bits per heavy atom. The number of pyridine rings is 1. The number of halogens is 3. The van der Waals surface area contributed by atoms with E-state index >= 15 is 0 Å². The molecule has 0 saturated heterocycles. The molecular weight excluding hydrogens is 299 g/mol. The molecule has 0 amide bonds. The standard InChI is InChI=1S/C11H6F3NO4S/c12-11(13,14)20(17,18)19-10-2-1-7-5-15-4-3-8(7)9(10)6-16/h1-6H. The minimum Gasteiger partial charge on any atom is -0.375 e. The number of aldehydes is 1. The van der Waals surface area contributed by atoms with Gasteiger partial charge in [-0.3, -0.25) is 9.78 Å². The Labute approximate surface area is 111 Å². The average molecular weight is 305 g/mol. The first-order chi connectivity index (χ1) is 9.26. The van der Waals surface area contributed by atoms with Crippen molar-refractivity contribution < 1.29 is 30.6 Å². The molecule has 0 bridgehead atoms. The van der Waals surface area contributed by atoms with Crippen LogP contribution in [0.25, 0.3) is 10.8 Å². The monoisotopic (exact) mass is 305 g/mol. The number of hydrogen-bond acceptors (Lipinski definition) is 5. The molecule has 20 heavy (non-hydrogen) atoms. The van der Waals surface area contributed by atoms with Crippen molar-refractivity contribution in [1.82, 2.24) is 4.98 Å². The van der Waals surface area contributed by atoms with Crippen molar-refractivity contribution in [2.75, 3.05) is 0 Å². The predicted molar refractivity (Wildman–Crippen MR) is 62.7 cm³/mol. The van der Waals surface area contributed by atoms with Gasteiger partial charge in [0.1, 0.15) is 0 Å². The van der Waals surface area contributed by atoms with Gasteiger partial charge in [0, 0.05) is 17.8 Å². The van der Waals surface area contributed by atoms with E-state index in [-0.39, 0.29) is 17.2 Å². The molecule has 0 N–H and O–H groups in total. The molecule has 0 radical (unpaired) electrons. The van der Waals surface area contributed by atoms with Crippen LogP contribution < -0.4 is 4.18 Å². The number of alkyl halides is 3. The molecule has 2 aromatic rings. The summed E-state index contributed by atoms with van der Waals surface area (Å²) < 4.78 is 62.7. The second-order valence-electron chi connectivity index (χ2n) is 3.68. The van der Waals surface area contributed by atoms with E-state index in [4.69, 9.17) is 0 Å². The van der Waals surface area contributed by atoms with Crippen LogP contribution in [0.4, 0.5) is 13.2 Å². The van der Waals surface area contributed by atoms with Crippen LogP contribution >= 0.6 is 0 Å². The molecule has 1 aromatic heterocycles. The lowest BCUT2D eigenvalue weighted by Gasteiger charge is -2.12. The molecule has 1 aromatic carbocycles. The van der Waals surface area contributed by atoms with Crippen molar-refractivity contribution in [2.45, 2.75) is 5.51 Å². The lowest BCUT2D eigenvalue weighted by atomic mass is 10.1. The molecule has 9 heteroatoms. The van der Waals surface area contributed by atoms with E-state index in [0.29, 0.717) is 5.39 Å². The number of nitrogens with zero attached hydrogens (tertiary/aromatic N) is 1. The molecule has 0 aliphatic carbocycles. The van der Waals surface area contributed by atoms with Crippen LogP contribution in [0.2, 0.25) is 0 Å². The van der Waals surface area contributed by atoms with Crippen molar-refractivity contribution in [3.05, 3.63) is 36.2 Å². The van der Waals surface area contributed by atoms with Crippen molar-refractivity contribution in [2.24, 2.45) is 0 Å². The van der Waals surface area contributed by atoms with E-state index in [1.165, 1.54) is 24.5 Å². The van der Waals surface area contributed by atoms with Gasteiger partial charge < -0.3 is 4.18 Å². The second-order valence-corrected chi connectivity index (χ2v) is 5.21. The van der Waals surface area contributed by atoms with Gasteiger partial charge in [0.15, 0.2) is 12.0 Å². The highest BCUT2D eigenvalue weighted by atomic mass is 32.2. The Balaban J connectivity index is 2.59. The highest BCUT2D eigenvalue weighted by Crippen LogP contribution is 2.31. The maximum Gasteiger partial charge on any atom is 0.534 e. The van der Waals surface area contributed by atoms with Crippen molar-refractivity contribution in [3.8, 4) is 5.75 Å². The molecule has 0 fully saturated rings. The van der Waals surface area contributed by atoms with E-state index in [0.717, 1.165) is 6.07 Å². The average Bonchev–Trinajstić information content (AvgIpc) is 2.36. The largest absolute Gasteiger partial charge is 0.534 e. The topological polar surface area (TPSA) is 73.3 Å². The van der Waals surface area contributed by atoms with Gasteiger partial charge in [0.25, 0.3) is 0 Å². The van der Waals surface area contributed by atoms with Crippen LogP contribution in [0.3, 0.4) is 0 Å². The maximum atomic E-state index is 12.3. The Morgan fingerprint density at radius 1 is 1.20 bits per heavy atom. The smallest absolute Gasteiger partial charge is 0.375 e. The number of fused-ring (bicyclic) bond motifs is 1. The van der Waals surface area contributed by atoms with E-state index in [2.05, 4.69) is 9.17 Å². The third kappa shape index (κ3) is 2.44. The zero-order valence-corrected chi connectivity index (χ0v) is 10.4. The first-order valence-corrected chi connectivity index (χ1v) is 6.50. The fourth-order valence-corrected chi connectivity index (χ4v) is 2.01. The van der Waals surface area contributed by atoms with Gasteiger partial charge in [-0.2, -0.15) is 21.6 Å². The van der Waals surface area contributed by atoms with Crippen molar-refractivity contribution in [3.63, 3.8) is 0 Å². The Hall–Kier alpha value is -2.16. The summed E-state index contributed by atoms with van der Waals surface area (Å²) in [5.41, 5.74) is -5.86. The fourth-order valence-electron chi connectivity index (χ4n) is 1.53. The molecular formula is C11H6F3NO4S. The van der Waals surface area contributed by atoms with Crippen molar-refractivity contribution >= 4 is 27.2 Å². The van der Waals surface area contributed by atoms with E-state index in [1.54, 1.807) is 0 Å². The number of carbonyl (C=O) groups excluding carboxylic acids is 1. The Morgan fingerprint density at radius 3 is 2.50 bits per heavy atom. The molecule has 106 valence electrons. The molecule has 0 aliphatic rings. The van der Waals surface area contributed by atoms with Gasteiger partial charge in [-0.05, 0) is 23.6 Å². The molecule has 0 spiro atoms. The minimum atomic E-state index is -5.83. The number of carbonyl (C=O) groups is 1. The lowest BCUT2D eigenvalue weighted by Crippen LogP contribution is -2.28. The van der Waals surface area contributed by atoms with Gasteiger partial charge in [-0.15, -0.1) is 0 Å². The first kappa shape index (κ1) is 14.3. The zero-order chi connectivity index (χ0) is 15.0. The quantitative estimate of drug-likeness (QED) is 0.494. The minimum absolute atomic E-state index is 0.226. The van der Waals surface area contributed by atoms with Crippen LogP contribution in [0, 0.1) is 0 Å². The van der Waals surface area contributed by atoms with Gasteiger partial charge >= 0.3 is 15.6 Å². The van der Waals surface area contributed by atoms with Crippen LogP contribution in [-0.2, 0) is 10.1 Å². The van der Waals surface area contributed by atoms with Crippen LogP contribution in [0.5, 0.6) is 5.75 Å². The molecule has 2 rings (SSSR count). The van der Waals surface area contributed by atoms with E-state index in [9.17, 15) is 26.4 Å².